The van der Waals surface area contributed by atoms with Gasteiger partial charge >= 0.3 is 0 Å². The van der Waals surface area contributed by atoms with Gasteiger partial charge in [0.2, 0.25) is 5.89 Å². The second-order valence-corrected chi connectivity index (χ2v) is 4.17. The monoisotopic (exact) mass is 260 g/mol. The number of oxazole rings is 1. The Morgan fingerprint density at radius 3 is 2.84 bits per heavy atom. The summed E-state index contributed by atoms with van der Waals surface area (Å²) in [4.78, 5) is 20.0. The summed E-state index contributed by atoms with van der Waals surface area (Å²) in [6, 6.07) is 1.66. The molecular weight excluding hydrogens is 244 g/mol. The van der Waals surface area contributed by atoms with Crippen LogP contribution in [0.25, 0.3) is 0 Å². The van der Waals surface area contributed by atoms with Crippen LogP contribution in [0, 0.1) is 6.92 Å². The molecule has 0 aromatic carbocycles. The molecule has 0 spiro atoms. The van der Waals surface area contributed by atoms with Crippen molar-refractivity contribution in [3.63, 3.8) is 0 Å². The lowest BCUT2D eigenvalue weighted by Crippen LogP contribution is -2.24. The third-order valence-corrected chi connectivity index (χ3v) is 2.67. The molecule has 6 nitrogen and oxygen atoms in total. The molecule has 3 N–H and O–H groups in total. The Hall–Kier alpha value is -2.37. The number of carbonyl (C=O) groups excluding carboxylic acids is 1. The highest BCUT2D eigenvalue weighted by atomic mass is 16.4. The maximum atomic E-state index is 11.9. The standard InChI is InChI=1S/C13H16N4O2/c1-3-9-5-16-12(19-9)7-17-13(18)10-6-15-8(2)4-11(10)14/h4-6H,3,7H2,1-2H3,(H2,14,15)(H,17,18). The number of nitrogens with one attached hydrogen (secondary N) is 1. The van der Waals surface area contributed by atoms with Crippen molar-refractivity contribution in [2.75, 3.05) is 5.73 Å². The summed E-state index contributed by atoms with van der Waals surface area (Å²) in [6.07, 6.45) is 3.89. The van der Waals surface area contributed by atoms with Crippen LogP contribution in [0.2, 0.25) is 0 Å². The largest absolute Gasteiger partial charge is 0.444 e. The second kappa shape index (κ2) is 5.51. The predicted molar refractivity (Wildman–Crippen MR) is 70.4 cm³/mol. The van der Waals surface area contributed by atoms with Gasteiger partial charge in [-0.3, -0.25) is 9.78 Å². The summed E-state index contributed by atoms with van der Waals surface area (Å²) < 4.78 is 5.40. The molecule has 19 heavy (non-hydrogen) atoms. The summed E-state index contributed by atoms with van der Waals surface area (Å²) in [6.45, 7) is 4.02. The fourth-order valence-electron chi connectivity index (χ4n) is 1.62. The van der Waals surface area contributed by atoms with Crippen molar-refractivity contribution in [2.45, 2.75) is 26.8 Å². The molecule has 0 saturated heterocycles. The first-order valence-electron chi connectivity index (χ1n) is 6.04. The molecule has 0 unspecified atom stereocenters. The first-order valence-corrected chi connectivity index (χ1v) is 6.04. The number of carbonyl (C=O) groups is 1. The molecule has 0 saturated carbocycles. The van der Waals surface area contributed by atoms with Gasteiger partial charge in [-0.05, 0) is 13.0 Å². The zero-order chi connectivity index (χ0) is 13.8. The lowest BCUT2D eigenvalue weighted by molar-refractivity contribution is 0.0947. The minimum Gasteiger partial charge on any atom is -0.444 e. The van der Waals surface area contributed by atoms with Crippen LogP contribution in [0.3, 0.4) is 0 Å². The van der Waals surface area contributed by atoms with Crippen LogP contribution >= 0.6 is 0 Å². The van der Waals surface area contributed by atoms with E-state index < -0.39 is 0 Å². The molecule has 100 valence electrons. The number of pyridine rings is 1. The van der Waals surface area contributed by atoms with E-state index in [4.69, 9.17) is 10.2 Å². The lowest BCUT2D eigenvalue weighted by atomic mass is 10.2. The third kappa shape index (κ3) is 3.09. The normalized spacial score (nSPS) is 10.4. The minimum atomic E-state index is -0.291. The molecular formula is C13H16N4O2. The fourth-order valence-corrected chi connectivity index (χ4v) is 1.62. The fraction of sp³-hybridized carbons (Fsp3) is 0.308. The number of anilines is 1. The van der Waals surface area contributed by atoms with Gasteiger partial charge in [0, 0.05) is 24.0 Å². The van der Waals surface area contributed by atoms with E-state index in [-0.39, 0.29) is 12.5 Å². The molecule has 6 heteroatoms. The molecule has 0 bridgehead atoms. The van der Waals surface area contributed by atoms with Gasteiger partial charge in [0.25, 0.3) is 5.91 Å². The number of aromatic nitrogens is 2. The average molecular weight is 260 g/mol. The number of nitrogens with two attached hydrogens (primary N) is 1. The van der Waals surface area contributed by atoms with E-state index in [0.29, 0.717) is 17.1 Å². The van der Waals surface area contributed by atoms with E-state index in [1.807, 2.05) is 13.8 Å². The molecule has 0 aliphatic heterocycles. The van der Waals surface area contributed by atoms with Crippen LogP contribution in [0.5, 0.6) is 0 Å². The Kier molecular flexibility index (Phi) is 3.79. The van der Waals surface area contributed by atoms with E-state index in [1.54, 1.807) is 12.3 Å². The number of aryl methyl sites for hydroxylation is 2. The van der Waals surface area contributed by atoms with Crippen molar-refractivity contribution in [1.82, 2.24) is 15.3 Å². The molecule has 0 aliphatic carbocycles. The number of hydrogen-bond donors (Lipinski definition) is 2. The number of amides is 1. The predicted octanol–water partition coefficient (Wildman–Crippen LogP) is 1.45. The second-order valence-electron chi connectivity index (χ2n) is 4.17. The quantitative estimate of drug-likeness (QED) is 0.867. The van der Waals surface area contributed by atoms with E-state index in [9.17, 15) is 4.79 Å². The maximum Gasteiger partial charge on any atom is 0.255 e. The Morgan fingerprint density at radius 1 is 1.42 bits per heavy atom. The van der Waals surface area contributed by atoms with Crippen LogP contribution < -0.4 is 11.1 Å². The van der Waals surface area contributed by atoms with Crippen molar-refractivity contribution in [3.8, 4) is 0 Å². The molecule has 0 radical (unpaired) electrons. The zero-order valence-electron chi connectivity index (χ0n) is 10.9. The van der Waals surface area contributed by atoms with E-state index in [1.165, 1.54) is 6.20 Å². The number of nitrogens with zero attached hydrogens (tertiary/aromatic N) is 2. The first-order chi connectivity index (χ1) is 9.10. The first kappa shape index (κ1) is 13.1. The van der Waals surface area contributed by atoms with Crippen LogP contribution in [-0.2, 0) is 13.0 Å². The summed E-state index contributed by atoms with van der Waals surface area (Å²) in [5, 5.41) is 2.70. The van der Waals surface area contributed by atoms with Gasteiger partial charge in [0.05, 0.1) is 18.3 Å². The van der Waals surface area contributed by atoms with Gasteiger partial charge in [-0.25, -0.2) is 4.98 Å². The van der Waals surface area contributed by atoms with Gasteiger partial charge in [0.15, 0.2) is 0 Å². The molecule has 0 aliphatic rings. The van der Waals surface area contributed by atoms with E-state index in [2.05, 4.69) is 15.3 Å². The highest BCUT2D eigenvalue weighted by Crippen LogP contribution is 2.11. The highest BCUT2D eigenvalue weighted by Gasteiger charge is 2.11. The van der Waals surface area contributed by atoms with Gasteiger partial charge in [0.1, 0.15) is 5.76 Å². The van der Waals surface area contributed by atoms with E-state index >= 15 is 0 Å². The maximum absolute atomic E-state index is 11.9. The number of nitrogen functional groups attached to an aromatic ring is 1. The molecule has 0 atom stereocenters. The summed E-state index contributed by atoms with van der Waals surface area (Å²) in [7, 11) is 0. The molecule has 0 fully saturated rings. The molecule has 2 aromatic heterocycles. The molecule has 1 amide bonds. The Bertz CT molecular complexity index is 592. The van der Waals surface area contributed by atoms with E-state index in [0.717, 1.165) is 17.9 Å². The van der Waals surface area contributed by atoms with Crippen molar-refractivity contribution >= 4 is 11.6 Å². The van der Waals surface area contributed by atoms with Crippen LogP contribution in [-0.4, -0.2) is 15.9 Å². The Morgan fingerprint density at radius 2 is 2.21 bits per heavy atom. The Labute approximate surface area is 111 Å². The zero-order valence-corrected chi connectivity index (χ0v) is 10.9. The molecule has 2 rings (SSSR count). The van der Waals surface area contributed by atoms with Crippen molar-refractivity contribution < 1.29 is 9.21 Å². The van der Waals surface area contributed by atoms with Gasteiger partial charge in [-0.15, -0.1) is 0 Å². The van der Waals surface area contributed by atoms with Crippen molar-refractivity contribution in [3.05, 3.63) is 41.4 Å². The average Bonchev–Trinajstić information content (AvgIpc) is 2.84. The van der Waals surface area contributed by atoms with Crippen molar-refractivity contribution in [2.24, 2.45) is 0 Å². The number of hydrogen-bond acceptors (Lipinski definition) is 5. The SMILES string of the molecule is CCc1cnc(CNC(=O)c2cnc(C)cc2N)o1. The summed E-state index contributed by atoms with van der Waals surface area (Å²) >= 11 is 0. The minimum absolute atomic E-state index is 0.228. The van der Waals surface area contributed by atoms with Crippen LogP contribution in [0.15, 0.2) is 22.9 Å². The van der Waals surface area contributed by atoms with Gasteiger partial charge in [-0.2, -0.15) is 0 Å². The summed E-state index contributed by atoms with van der Waals surface area (Å²) in [5.41, 5.74) is 7.31. The van der Waals surface area contributed by atoms with Gasteiger partial charge < -0.3 is 15.5 Å². The highest BCUT2D eigenvalue weighted by molar-refractivity contribution is 5.98. The summed E-state index contributed by atoms with van der Waals surface area (Å²) in [5.74, 6) is 0.978. The number of rotatable bonds is 4. The smallest absolute Gasteiger partial charge is 0.255 e. The lowest BCUT2D eigenvalue weighted by Gasteiger charge is -2.06. The van der Waals surface area contributed by atoms with Crippen LogP contribution in [0.1, 0.15) is 34.6 Å². The molecule has 2 aromatic rings. The topological polar surface area (TPSA) is 94.0 Å². The van der Waals surface area contributed by atoms with Crippen molar-refractivity contribution in [1.29, 1.82) is 0 Å². The van der Waals surface area contributed by atoms with Crippen LogP contribution in [0.4, 0.5) is 5.69 Å². The Balaban J connectivity index is 2.01. The van der Waals surface area contributed by atoms with Gasteiger partial charge in [-0.1, -0.05) is 6.92 Å². The molecule has 2 heterocycles. The third-order valence-electron chi connectivity index (χ3n) is 2.67.